The Kier molecular flexibility index (Phi) is 5.16. The maximum Gasteiger partial charge on any atom is 0.0440 e. The molecule has 2 atom stereocenters. The van der Waals surface area contributed by atoms with E-state index in [9.17, 15) is 5.11 Å². The van der Waals surface area contributed by atoms with E-state index in [1.807, 2.05) is 0 Å². The Labute approximate surface area is 105 Å². The second kappa shape index (κ2) is 6.18. The Balaban J connectivity index is 3.16. The Morgan fingerprint density at radius 2 is 1.82 bits per heavy atom. The average molecular weight is 235 g/mol. The third-order valence-electron chi connectivity index (χ3n) is 3.96. The lowest BCUT2D eigenvalue weighted by molar-refractivity contribution is 0.206. The zero-order chi connectivity index (χ0) is 12.9. The van der Waals surface area contributed by atoms with E-state index in [0.29, 0.717) is 0 Å². The highest BCUT2D eigenvalue weighted by molar-refractivity contribution is 5.30. The van der Waals surface area contributed by atoms with Gasteiger partial charge in [-0.3, -0.25) is 0 Å². The Morgan fingerprint density at radius 3 is 2.24 bits per heavy atom. The highest BCUT2D eigenvalue weighted by Gasteiger charge is 2.35. The molecule has 96 valence electrons. The summed E-state index contributed by atoms with van der Waals surface area (Å²) in [6.07, 6.45) is 2.63. The summed E-state index contributed by atoms with van der Waals surface area (Å²) in [6, 6.07) is 8.66. The van der Waals surface area contributed by atoms with Crippen molar-refractivity contribution in [1.82, 2.24) is 0 Å². The maximum atomic E-state index is 9.34. The molecule has 3 N–H and O–H groups in total. The predicted molar refractivity (Wildman–Crippen MR) is 73.1 cm³/mol. The van der Waals surface area contributed by atoms with Crippen molar-refractivity contribution in [3.8, 4) is 0 Å². The molecule has 2 heteroatoms. The normalized spacial score (nSPS) is 16.5. The number of rotatable bonds is 6. The molecule has 0 heterocycles. The summed E-state index contributed by atoms with van der Waals surface area (Å²) in [7, 11) is 0. The molecule has 0 spiro atoms. The molecular formula is C15H25NO. The molecule has 0 amide bonds. The first kappa shape index (κ1) is 14.2. The van der Waals surface area contributed by atoms with Gasteiger partial charge in [0.2, 0.25) is 0 Å². The van der Waals surface area contributed by atoms with Crippen molar-refractivity contribution in [2.24, 2.45) is 5.73 Å². The average Bonchev–Trinajstić information content (AvgIpc) is 2.36. The molecule has 1 rings (SSSR count). The lowest BCUT2D eigenvalue weighted by atomic mass is 9.69. The molecule has 2 nitrogen and oxygen atoms in total. The highest BCUT2D eigenvalue weighted by Crippen LogP contribution is 2.35. The number of hydrogen-bond donors (Lipinski definition) is 2. The molecule has 2 unspecified atom stereocenters. The van der Waals surface area contributed by atoms with Gasteiger partial charge in [-0.05, 0) is 31.7 Å². The first-order chi connectivity index (χ1) is 8.10. The van der Waals surface area contributed by atoms with Gasteiger partial charge in [-0.1, -0.05) is 43.7 Å². The van der Waals surface area contributed by atoms with Crippen molar-refractivity contribution in [2.75, 3.05) is 6.61 Å². The van der Waals surface area contributed by atoms with Crippen molar-refractivity contribution in [1.29, 1.82) is 0 Å². The zero-order valence-corrected chi connectivity index (χ0v) is 11.2. The first-order valence-electron chi connectivity index (χ1n) is 6.54. The minimum Gasteiger partial charge on any atom is -0.396 e. The van der Waals surface area contributed by atoms with Gasteiger partial charge in [-0.15, -0.1) is 0 Å². The van der Waals surface area contributed by atoms with Crippen molar-refractivity contribution >= 4 is 0 Å². The number of aliphatic hydroxyl groups excluding tert-OH is 1. The van der Waals surface area contributed by atoms with Crippen LogP contribution in [0.3, 0.4) is 0 Å². The maximum absolute atomic E-state index is 9.34. The van der Waals surface area contributed by atoms with Gasteiger partial charge in [-0.2, -0.15) is 0 Å². The number of benzene rings is 1. The molecule has 0 aliphatic rings. The molecule has 1 aromatic carbocycles. The fourth-order valence-corrected chi connectivity index (χ4v) is 2.66. The fourth-order valence-electron chi connectivity index (χ4n) is 2.66. The topological polar surface area (TPSA) is 46.2 Å². The molecule has 0 saturated carbocycles. The van der Waals surface area contributed by atoms with E-state index in [2.05, 4.69) is 45.0 Å². The highest BCUT2D eigenvalue weighted by atomic mass is 16.3. The van der Waals surface area contributed by atoms with E-state index < -0.39 is 0 Å². The number of hydrogen-bond acceptors (Lipinski definition) is 2. The van der Waals surface area contributed by atoms with Crippen LogP contribution in [-0.4, -0.2) is 17.8 Å². The van der Waals surface area contributed by atoms with Crippen LogP contribution in [-0.2, 0) is 5.41 Å². The second-order valence-corrected chi connectivity index (χ2v) is 4.86. The Morgan fingerprint density at radius 1 is 1.24 bits per heavy atom. The van der Waals surface area contributed by atoms with Crippen LogP contribution in [0.4, 0.5) is 0 Å². The van der Waals surface area contributed by atoms with E-state index in [0.717, 1.165) is 19.3 Å². The third kappa shape index (κ3) is 2.88. The number of aryl methyl sites for hydroxylation is 1. The minimum absolute atomic E-state index is 0.0861. The predicted octanol–water partition coefficient (Wildman–Crippen LogP) is 2.76. The molecule has 0 fully saturated rings. The van der Waals surface area contributed by atoms with Crippen LogP contribution in [0, 0.1) is 6.92 Å². The smallest absolute Gasteiger partial charge is 0.0440 e. The second-order valence-electron chi connectivity index (χ2n) is 4.86. The van der Waals surface area contributed by atoms with Gasteiger partial charge in [-0.25, -0.2) is 0 Å². The van der Waals surface area contributed by atoms with E-state index in [4.69, 9.17) is 5.73 Å². The summed E-state index contributed by atoms with van der Waals surface area (Å²) in [5, 5.41) is 9.34. The van der Waals surface area contributed by atoms with Crippen molar-refractivity contribution in [3.63, 3.8) is 0 Å². The van der Waals surface area contributed by atoms with Crippen LogP contribution in [0.1, 0.15) is 44.2 Å². The molecule has 0 aliphatic heterocycles. The van der Waals surface area contributed by atoms with E-state index in [-0.39, 0.29) is 18.1 Å². The van der Waals surface area contributed by atoms with Gasteiger partial charge in [0.05, 0.1) is 0 Å². The van der Waals surface area contributed by atoms with E-state index in [1.165, 1.54) is 11.1 Å². The molecule has 0 saturated heterocycles. The van der Waals surface area contributed by atoms with Crippen molar-refractivity contribution in [3.05, 3.63) is 35.4 Å². The quantitative estimate of drug-likeness (QED) is 0.796. The Bertz CT molecular complexity index is 333. The summed E-state index contributed by atoms with van der Waals surface area (Å²) in [4.78, 5) is 0. The lowest BCUT2D eigenvalue weighted by Gasteiger charge is -2.38. The summed E-state index contributed by atoms with van der Waals surface area (Å²) in [5.74, 6) is 0. The number of aliphatic hydroxyl groups is 1. The zero-order valence-electron chi connectivity index (χ0n) is 11.2. The molecule has 0 radical (unpaired) electrons. The first-order valence-corrected chi connectivity index (χ1v) is 6.54. The summed E-state index contributed by atoms with van der Waals surface area (Å²) in [5.41, 5.74) is 8.74. The van der Waals surface area contributed by atoms with Crippen LogP contribution < -0.4 is 5.73 Å². The number of nitrogens with two attached hydrogens (primary N) is 1. The van der Waals surface area contributed by atoms with Crippen LogP contribution in [0.2, 0.25) is 0 Å². The minimum atomic E-state index is -0.0861. The molecule has 17 heavy (non-hydrogen) atoms. The molecule has 0 bridgehead atoms. The largest absolute Gasteiger partial charge is 0.396 e. The lowest BCUT2D eigenvalue weighted by Crippen LogP contribution is -2.45. The summed E-state index contributed by atoms with van der Waals surface area (Å²) >= 11 is 0. The van der Waals surface area contributed by atoms with Gasteiger partial charge in [0.25, 0.3) is 0 Å². The SMILES string of the molecule is CCC(N)C(CC)(CCO)c1ccc(C)cc1. The standard InChI is InChI=1S/C15H25NO/c1-4-14(16)15(5-2,10-11-17)13-8-6-12(3)7-9-13/h6-9,14,17H,4-5,10-11,16H2,1-3H3. The molecule has 0 aliphatic carbocycles. The van der Waals surface area contributed by atoms with Crippen molar-refractivity contribution < 1.29 is 5.11 Å². The molecule has 0 aromatic heterocycles. The Hall–Kier alpha value is -0.860. The van der Waals surface area contributed by atoms with E-state index >= 15 is 0 Å². The van der Waals surface area contributed by atoms with Crippen molar-refractivity contribution in [2.45, 2.75) is 51.5 Å². The fraction of sp³-hybridized carbons (Fsp3) is 0.600. The molecule has 1 aromatic rings. The van der Waals surface area contributed by atoms with Crippen LogP contribution >= 0.6 is 0 Å². The van der Waals surface area contributed by atoms with Gasteiger partial charge in [0.1, 0.15) is 0 Å². The van der Waals surface area contributed by atoms with Crippen LogP contribution in [0.15, 0.2) is 24.3 Å². The molecular weight excluding hydrogens is 210 g/mol. The van der Waals surface area contributed by atoms with E-state index in [1.54, 1.807) is 0 Å². The van der Waals surface area contributed by atoms with Gasteiger partial charge in [0, 0.05) is 18.1 Å². The summed E-state index contributed by atoms with van der Waals surface area (Å²) < 4.78 is 0. The van der Waals surface area contributed by atoms with Crippen LogP contribution in [0.25, 0.3) is 0 Å². The van der Waals surface area contributed by atoms with Gasteiger partial charge >= 0.3 is 0 Å². The summed E-state index contributed by atoms with van der Waals surface area (Å²) in [6.45, 7) is 6.55. The van der Waals surface area contributed by atoms with Gasteiger partial charge < -0.3 is 10.8 Å². The third-order valence-corrected chi connectivity index (χ3v) is 3.96. The van der Waals surface area contributed by atoms with Crippen LogP contribution in [0.5, 0.6) is 0 Å². The van der Waals surface area contributed by atoms with Gasteiger partial charge in [0.15, 0.2) is 0 Å². The monoisotopic (exact) mass is 235 g/mol.